The second-order valence-electron chi connectivity index (χ2n) is 9.69. The van der Waals surface area contributed by atoms with Gasteiger partial charge in [-0.05, 0) is 53.6 Å². The number of fused-ring (bicyclic) bond motifs is 2. The van der Waals surface area contributed by atoms with Crippen LogP contribution in [0.4, 0.5) is 5.69 Å². The third-order valence-electron chi connectivity index (χ3n) is 7.02. The summed E-state index contributed by atoms with van der Waals surface area (Å²) in [4.78, 5) is 34.1. The van der Waals surface area contributed by atoms with Gasteiger partial charge in [0.2, 0.25) is 12.7 Å². The van der Waals surface area contributed by atoms with Gasteiger partial charge >= 0.3 is 0 Å². The van der Waals surface area contributed by atoms with Gasteiger partial charge in [-0.15, -0.1) is 5.10 Å². The van der Waals surface area contributed by atoms with Gasteiger partial charge in [-0.25, -0.2) is 4.68 Å². The van der Waals surface area contributed by atoms with E-state index in [1.807, 2.05) is 30.3 Å². The molecule has 1 N–H and O–H groups in total. The number of nitrogens with one attached hydrogen (secondary N) is 1. The SMILES string of the molecule is COc1ccc([C@@H](C(=O)Nc2ccc3c(c2)OCO3)N(Cc2cccnc2)C(=O)Cn2nnc3ccccc32)cc1OC. The van der Waals surface area contributed by atoms with E-state index in [1.165, 1.54) is 23.8 Å². The molecule has 0 saturated carbocycles. The predicted molar refractivity (Wildman–Crippen MR) is 156 cm³/mol. The van der Waals surface area contributed by atoms with Crippen LogP contribution < -0.4 is 24.3 Å². The molecule has 0 fully saturated rings. The number of anilines is 1. The van der Waals surface area contributed by atoms with Crippen LogP contribution in [0, 0.1) is 0 Å². The van der Waals surface area contributed by atoms with Crippen LogP contribution in [0.15, 0.2) is 85.2 Å². The van der Waals surface area contributed by atoms with E-state index in [1.54, 1.807) is 54.9 Å². The van der Waals surface area contributed by atoms with Crippen LogP contribution in [0.5, 0.6) is 23.0 Å². The number of benzene rings is 3. The van der Waals surface area contributed by atoms with E-state index in [0.29, 0.717) is 45.3 Å². The van der Waals surface area contributed by atoms with Crippen molar-refractivity contribution in [1.82, 2.24) is 24.9 Å². The van der Waals surface area contributed by atoms with Gasteiger partial charge in [0.25, 0.3) is 5.91 Å². The molecule has 12 heteroatoms. The zero-order valence-corrected chi connectivity index (χ0v) is 23.5. The van der Waals surface area contributed by atoms with E-state index < -0.39 is 11.9 Å². The highest BCUT2D eigenvalue weighted by molar-refractivity contribution is 5.98. The molecule has 43 heavy (non-hydrogen) atoms. The molecule has 1 aliphatic rings. The number of hydrogen-bond donors (Lipinski definition) is 1. The average Bonchev–Trinajstić information content (AvgIpc) is 3.68. The molecular weight excluding hydrogens is 552 g/mol. The largest absolute Gasteiger partial charge is 0.493 e. The maximum absolute atomic E-state index is 14.2. The molecule has 2 amide bonds. The monoisotopic (exact) mass is 580 g/mol. The molecule has 0 aliphatic carbocycles. The van der Waals surface area contributed by atoms with Gasteiger partial charge in [0.1, 0.15) is 18.1 Å². The van der Waals surface area contributed by atoms with Gasteiger partial charge in [0, 0.05) is 30.7 Å². The normalized spacial score (nSPS) is 12.5. The molecule has 218 valence electrons. The number of rotatable bonds is 10. The van der Waals surface area contributed by atoms with Crippen LogP contribution in [0.3, 0.4) is 0 Å². The van der Waals surface area contributed by atoms with Gasteiger partial charge in [-0.3, -0.25) is 14.6 Å². The van der Waals surface area contributed by atoms with Crippen molar-refractivity contribution >= 4 is 28.5 Å². The Labute approximate surface area is 246 Å². The van der Waals surface area contributed by atoms with Crippen molar-refractivity contribution < 1.29 is 28.5 Å². The number of carbonyl (C=O) groups excluding carboxylic acids is 2. The minimum absolute atomic E-state index is 0.0902. The van der Waals surface area contributed by atoms with Crippen molar-refractivity contribution in [2.24, 2.45) is 0 Å². The Morgan fingerprint density at radius 3 is 2.63 bits per heavy atom. The predicted octanol–water partition coefficient (Wildman–Crippen LogP) is 3.98. The number of ether oxygens (including phenoxy) is 4. The maximum atomic E-state index is 14.2. The Hall–Kier alpha value is -5.65. The second kappa shape index (κ2) is 12.1. The van der Waals surface area contributed by atoms with Crippen molar-refractivity contribution in [3.8, 4) is 23.0 Å². The number of para-hydroxylation sites is 1. The van der Waals surface area contributed by atoms with Crippen LogP contribution in [-0.2, 0) is 22.7 Å². The zero-order chi connectivity index (χ0) is 29.8. The Balaban J connectivity index is 1.41. The number of pyridine rings is 1. The molecule has 12 nitrogen and oxygen atoms in total. The zero-order valence-electron chi connectivity index (χ0n) is 23.5. The molecule has 0 unspecified atom stereocenters. The summed E-state index contributed by atoms with van der Waals surface area (Å²) < 4.78 is 23.4. The van der Waals surface area contributed by atoms with Crippen molar-refractivity contribution in [3.63, 3.8) is 0 Å². The Morgan fingerprint density at radius 2 is 1.81 bits per heavy atom. The lowest BCUT2D eigenvalue weighted by molar-refractivity contribution is -0.140. The molecule has 5 aromatic rings. The first-order valence-corrected chi connectivity index (χ1v) is 13.4. The Bertz CT molecular complexity index is 1780. The highest BCUT2D eigenvalue weighted by Crippen LogP contribution is 2.36. The van der Waals surface area contributed by atoms with E-state index in [-0.39, 0.29) is 25.8 Å². The third kappa shape index (κ3) is 5.75. The fourth-order valence-electron chi connectivity index (χ4n) is 4.95. The maximum Gasteiger partial charge on any atom is 0.251 e. The molecule has 3 heterocycles. The van der Waals surface area contributed by atoms with Gasteiger partial charge in [-0.2, -0.15) is 0 Å². The van der Waals surface area contributed by atoms with E-state index >= 15 is 0 Å². The fourth-order valence-corrected chi connectivity index (χ4v) is 4.95. The van der Waals surface area contributed by atoms with Gasteiger partial charge in [-0.1, -0.05) is 29.5 Å². The highest BCUT2D eigenvalue weighted by atomic mass is 16.7. The van der Waals surface area contributed by atoms with E-state index in [4.69, 9.17) is 18.9 Å². The number of carbonyl (C=O) groups is 2. The van der Waals surface area contributed by atoms with Gasteiger partial charge < -0.3 is 29.2 Å². The molecule has 0 spiro atoms. The molecule has 1 atom stereocenters. The summed E-state index contributed by atoms with van der Waals surface area (Å²) in [7, 11) is 3.04. The summed E-state index contributed by atoms with van der Waals surface area (Å²) in [6.07, 6.45) is 3.31. The Kier molecular flexibility index (Phi) is 7.72. The molecular formula is C31H28N6O6. The third-order valence-corrected chi connectivity index (χ3v) is 7.02. The first-order valence-electron chi connectivity index (χ1n) is 13.4. The highest BCUT2D eigenvalue weighted by Gasteiger charge is 2.33. The van der Waals surface area contributed by atoms with Crippen molar-refractivity contribution in [2.45, 2.75) is 19.1 Å². The van der Waals surface area contributed by atoms with Crippen LogP contribution in [-0.4, -0.2) is 57.7 Å². The van der Waals surface area contributed by atoms with Gasteiger partial charge in [0.05, 0.1) is 19.7 Å². The fraction of sp³-hybridized carbons (Fsp3) is 0.194. The van der Waals surface area contributed by atoms with Crippen molar-refractivity contribution in [3.05, 3.63) is 96.3 Å². The van der Waals surface area contributed by atoms with Crippen molar-refractivity contribution in [2.75, 3.05) is 26.3 Å². The number of aromatic nitrogens is 4. The van der Waals surface area contributed by atoms with Crippen LogP contribution in [0.2, 0.25) is 0 Å². The summed E-state index contributed by atoms with van der Waals surface area (Å²) in [6.45, 7) is 0.0418. The Morgan fingerprint density at radius 1 is 0.977 bits per heavy atom. The summed E-state index contributed by atoms with van der Waals surface area (Å²) in [5.74, 6) is 1.19. The molecule has 0 radical (unpaired) electrons. The summed E-state index contributed by atoms with van der Waals surface area (Å²) in [6, 6.07) is 20.1. The number of nitrogens with zero attached hydrogens (tertiary/aromatic N) is 5. The molecule has 1 aliphatic heterocycles. The summed E-state index contributed by atoms with van der Waals surface area (Å²) >= 11 is 0. The summed E-state index contributed by atoms with van der Waals surface area (Å²) in [5.41, 5.74) is 3.09. The summed E-state index contributed by atoms with van der Waals surface area (Å²) in [5, 5.41) is 11.3. The average molecular weight is 581 g/mol. The molecule has 3 aromatic carbocycles. The lowest BCUT2D eigenvalue weighted by Crippen LogP contribution is -2.42. The van der Waals surface area contributed by atoms with Crippen LogP contribution in [0.1, 0.15) is 17.2 Å². The quantitative estimate of drug-likeness (QED) is 0.261. The van der Waals surface area contributed by atoms with Crippen LogP contribution >= 0.6 is 0 Å². The van der Waals surface area contributed by atoms with Gasteiger partial charge in [0.15, 0.2) is 23.0 Å². The topological polar surface area (TPSA) is 130 Å². The van der Waals surface area contributed by atoms with Crippen molar-refractivity contribution in [1.29, 1.82) is 0 Å². The van der Waals surface area contributed by atoms with E-state index in [9.17, 15) is 9.59 Å². The van der Waals surface area contributed by atoms with Crippen LogP contribution in [0.25, 0.3) is 11.0 Å². The second-order valence-corrected chi connectivity index (χ2v) is 9.69. The minimum atomic E-state index is -1.09. The lowest BCUT2D eigenvalue weighted by atomic mass is 10.0. The number of amides is 2. The first-order chi connectivity index (χ1) is 21.0. The van der Waals surface area contributed by atoms with E-state index in [0.717, 1.165) is 5.56 Å². The lowest BCUT2D eigenvalue weighted by Gasteiger charge is -2.32. The molecule has 2 aromatic heterocycles. The molecule has 0 bridgehead atoms. The first kappa shape index (κ1) is 27.5. The standard InChI is InChI=1S/C31H28N6O6/c1-40-25-11-9-21(14-27(25)41-2)30(31(39)33-22-10-12-26-28(15-22)43-19-42-26)36(17-20-6-5-13-32-16-20)29(38)18-37-24-8-4-3-7-23(24)34-35-37/h3-16,30H,17-19H2,1-2H3,(H,33,39)/t30-/m0/s1. The molecule has 0 saturated heterocycles. The molecule has 6 rings (SSSR count). The smallest absolute Gasteiger partial charge is 0.251 e. The number of hydrogen-bond acceptors (Lipinski definition) is 9. The van der Waals surface area contributed by atoms with E-state index in [2.05, 4.69) is 20.6 Å². The minimum Gasteiger partial charge on any atom is -0.493 e. The number of methoxy groups -OCH3 is 2.